The lowest BCUT2D eigenvalue weighted by Crippen LogP contribution is -1.96. The van der Waals surface area contributed by atoms with E-state index in [1.54, 1.807) is 6.07 Å². The smallest absolute Gasteiger partial charge is 0.146 e. The van der Waals surface area contributed by atoms with Crippen LogP contribution in [0.15, 0.2) is 34.7 Å². The zero-order valence-corrected chi connectivity index (χ0v) is 10.3. The van der Waals surface area contributed by atoms with Crippen molar-refractivity contribution < 1.29 is 9.15 Å². The van der Waals surface area contributed by atoms with Gasteiger partial charge < -0.3 is 14.9 Å². The van der Waals surface area contributed by atoms with Gasteiger partial charge in [-0.2, -0.15) is 0 Å². The van der Waals surface area contributed by atoms with Crippen molar-refractivity contribution in [2.45, 2.75) is 20.1 Å². The maximum atomic E-state index is 5.91. The second-order valence-electron chi connectivity index (χ2n) is 3.77. The highest BCUT2D eigenvalue weighted by molar-refractivity contribution is 6.30. The summed E-state index contributed by atoms with van der Waals surface area (Å²) in [5, 5.41) is 0.660. The molecule has 4 heteroatoms. The van der Waals surface area contributed by atoms with Crippen LogP contribution < -0.4 is 10.5 Å². The number of rotatable bonds is 4. The first kappa shape index (κ1) is 12.0. The Morgan fingerprint density at radius 2 is 2.00 bits per heavy atom. The Morgan fingerprint density at radius 1 is 1.24 bits per heavy atom. The van der Waals surface area contributed by atoms with Crippen LogP contribution in [0, 0.1) is 6.92 Å². The predicted molar refractivity (Wildman–Crippen MR) is 67.1 cm³/mol. The van der Waals surface area contributed by atoms with Crippen molar-refractivity contribution in [1.82, 2.24) is 0 Å². The molecule has 0 spiro atoms. The molecule has 0 saturated heterocycles. The predicted octanol–water partition coefficient (Wildman–Crippen LogP) is 3.28. The lowest BCUT2D eigenvalue weighted by Gasteiger charge is -2.07. The van der Waals surface area contributed by atoms with Crippen molar-refractivity contribution in [3.63, 3.8) is 0 Å². The van der Waals surface area contributed by atoms with Gasteiger partial charge in [0.15, 0.2) is 0 Å². The number of benzene rings is 1. The quantitative estimate of drug-likeness (QED) is 0.907. The molecule has 0 aliphatic rings. The van der Waals surface area contributed by atoms with Crippen molar-refractivity contribution >= 4 is 11.6 Å². The maximum absolute atomic E-state index is 5.91. The van der Waals surface area contributed by atoms with Crippen molar-refractivity contribution in [3.8, 4) is 5.75 Å². The van der Waals surface area contributed by atoms with Gasteiger partial charge in [-0.05, 0) is 36.8 Å². The number of nitrogens with two attached hydrogens (primary N) is 1. The summed E-state index contributed by atoms with van der Waals surface area (Å²) in [6.45, 7) is 2.75. The van der Waals surface area contributed by atoms with E-state index in [0.717, 1.165) is 22.8 Å². The minimum Gasteiger partial charge on any atom is -0.485 e. The third-order valence-electron chi connectivity index (χ3n) is 2.44. The summed E-state index contributed by atoms with van der Waals surface area (Å²) in [5.41, 5.74) is 6.50. The van der Waals surface area contributed by atoms with Gasteiger partial charge in [-0.15, -0.1) is 0 Å². The molecule has 0 unspecified atom stereocenters. The minimum atomic E-state index is 0.376. The van der Waals surface area contributed by atoms with Gasteiger partial charge >= 0.3 is 0 Å². The maximum Gasteiger partial charge on any atom is 0.146 e. The second-order valence-corrected chi connectivity index (χ2v) is 4.21. The van der Waals surface area contributed by atoms with Crippen LogP contribution >= 0.6 is 11.6 Å². The number of hydrogen-bond acceptors (Lipinski definition) is 3. The molecule has 0 saturated carbocycles. The fraction of sp³-hybridized carbons (Fsp3) is 0.231. The lowest BCUT2D eigenvalue weighted by molar-refractivity contribution is 0.264. The van der Waals surface area contributed by atoms with Crippen molar-refractivity contribution in [2.24, 2.45) is 5.73 Å². The van der Waals surface area contributed by atoms with E-state index in [4.69, 9.17) is 26.5 Å². The SMILES string of the molecule is Cc1ccc(Cl)cc1OCc1ccc(CN)o1. The van der Waals surface area contributed by atoms with Crippen LogP contribution in [-0.4, -0.2) is 0 Å². The number of ether oxygens (including phenoxy) is 1. The molecule has 1 heterocycles. The van der Waals surface area contributed by atoms with E-state index < -0.39 is 0 Å². The zero-order valence-electron chi connectivity index (χ0n) is 9.57. The molecule has 0 amide bonds. The number of halogens is 1. The second kappa shape index (κ2) is 5.25. The van der Waals surface area contributed by atoms with Gasteiger partial charge in [0, 0.05) is 5.02 Å². The van der Waals surface area contributed by atoms with Gasteiger partial charge in [0.05, 0.1) is 6.54 Å². The fourth-order valence-corrected chi connectivity index (χ4v) is 1.65. The summed E-state index contributed by atoms with van der Waals surface area (Å²) < 4.78 is 11.1. The summed E-state index contributed by atoms with van der Waals surface area (Å²) in [5.74, 6) is 2.28. The Kier molecular flexibility index (Phi) is 3.71. The van der Waals surface area contributed by atoms with Crippen LogP contribution in [-0.2, 0) is 13.2 Å². The molecule has 0 aliphatic heterocycles. The molecule has 3 nitrogen and oxygen atoms in total. The van der Waals surface area contributed by atoms with Gasteiger partial charge in [-0.3, -0.25) is 0 Å². The molecule has 2 N–H and O–H groups in total. The highest BCUT2D eigenvalue weighted by Crippen LogP contribution is 2.23. The van der Waals surface area contributed by atoms with Crippen LogP contribution in [0.4, 0.5) is 0 Å². The number of aryl methyl sites for hydroxylation is 1. The average molecular weight is 252 g/mol. The topological polar surface area (TPSA) is 48.4 Å². The van der Waals surface area contributed by atoms with E-state index >= 15 is 0 Å². The molecular weight excluding hydrogens is 238 g/mol. The molecule has 0 bridgehead atoms. The standard InChI is InChI=1S/C13H14ClNO2/c1-9-2-3-10(14)6-13(9)16-8-12-5-4-11(7-15)17-12/h2-6H,7-8,15H2,1H3. The van der Waals surface area contributed by atoms with Crippen LogP contribution in [0.3, 0.4) is 0 Å². The Labute approximate surface area is 105 Å². The highest BCUT2D eigenvalue weighted by Gasteiger charge is 2.04. The first-order chi connectivity index (χ1) is 8.19. The summed E-state index contributed by atoms with van der Waals surface area (Å²) in [7, 11) is 0. The van der Waals surface area contributed by atoms with Crippen molar-refractivity contribution in [1.29, 1.82) is 0 Å². The molecule has 0 aliphatic carbocycles. The van der Waals surface area contributed by atoms with E-state index in [1.807, 2.05) is 31.2 Å². The summed E-state index contributed by atoms with van der Waals surface area (Å²) in [6, 6.07) is 9.27. The Balaban J connectivity index is 2.04. The molecule has 1 aromatic carbocycles. The van der Waals surface area contributed by atoms with E-state index in [2.05, 4.69) is 0 Å². The molecule has 2 rings (SSSR count). The Morgan fingerprint density at radius 3 is 2.71 bits per heavy atom. The Hall–Kier alpha value is -1.45. The first-order valence-corrected chi connectivity index (χ1v) is 5.73. The van der Waals surface area contributed by atoms with E-state index in [-0.39, 0.29) is 0 Å². The van der Waals surface area contributed by atoms with Gasteiger partial charge in [-0.25, -0.2) is 0 Å². The average Bonchev–Trinajstić information content (AvgIpc) is 2.78. The number of furan rings is 1. The Bertz CT molecular complexity index is 508. The van der Waals surface area contributed by atoms with Gasteiger partial charge in [0.1, 0.15) is 23.9 Å². The third-order valence-corrected chi connectivity index (χ3v) is 2.67. The summed E-state index contributed by atoms with van der Waals surface area (Å²) in [6.07, 6.45) is 0. The molecule has 1 aromatic heterocycles. The summed E-state index contributed by atoms with van der Waals surface area (Å²) >= 11 is 5.91. The highest BCUT2D eigenvalue weighted by atomic mass is 35.5. The van der Waals surface area contributed by atoms with E-state index in [0.29, 0.717) is 18.2 Å². The lowest BCUT2D eigenvalue weighted by atomic mass is 10.2. The van der Waals surface area contributed by atoms with Gasteiger partial charge in [-0.1, -0.05) is 17.7 Å². The van der Waals surface area contributed by atoms with Gasteiger partial charge in [0.25, 0.3) is 0 Å². The molecule has 17 heavy (non-hydrogen) atoms. The zero-order chi connectivity index (χ0) is 12.3. The van der Waals surface area contributed by atoms with Crippen molar-refractivity contribution in [2.75, 3.05) is 0 Å². The molecule has 90 valence electrons. The normalized spacial score (nSPS) is 10.5. The van der Waals surface area contributed by atoms with Crippen LogP contribution in [0.1, 0.15) is 17.1 Å². The van der Waals surface area contributed by atoms with E-state index in [1.165, 1.54) is 0 Å². The third kappa shape index (κ3) is 3.02. The molecule has 0 radical (unpaired) electrons. The molecular formula is C13H14ClNO2. The molecule has 0 atom stereocenters. The van der Waals surface area contributed by atoms with Crippen molar-refractivity contribution in [3.05, 3.63) is 52.4 Å². The van der Waals surface area contributed by atoms with E-state index in [9.17, 15) is 0 Å². The molecule has 0 fully saturated rings. The monoisotopic (exact) mass is 251 g/mol. The van der Waals surface area contributed by atoms with Crippen LogP contribution in [0.25, 0.3) is 0 Å². The summed E-state index contributed by atoms with van der Waals surface area (Å²) in [4.78, 5) is 0. The van der Waals surface area contributed by atoms with Gasteiger partial charge in [0.2, 0.25) is 0 Å². The fourth-order valence-electron chi connectivity index (χ4n) is 1.49. The number of hydrogen-bond donors (Lipinski definition) is 1. The van der Waals surface area contributed by atoms with Crippen LogP contribution in [0.5, 0.6) is 5.75 Å². The largest absolute Gasteiger partial charge is 0.485 e. The molecule has 2 aromatic rings. The minimum absolute atomic E-state index is 0.376. The van der Waals surface area contributed by atoms with Crippen LogP contribution in [0.2, 0.25) is 5.02 Å². The first-order valence-electron chi connectivity index (χ1n) is 5.35.